The average molecular weight is 286 g/mol. The van der Waals surface area contributed by atoms with E-state index >= 15 is 0 Å². The lowest BCUT2D eigenvalue weighted by molar-refractivity contribution is 0.219. The van der Waals surface area contributed by atoms with Crippen molar-refractivity contribution in [2.24, 2.45) is 11.8 Å². The highest BCUT2D eigenvalue weighted by Gasteiger charge is 2.29. The second-order valence-electron chi connectivity index (χ2n) is 4.92. The third-order valence-electron chi connectivity index (χ3n) is 3.77. The van der Waals surface area contributed by atoms with Gasteiger partial charge in [-0.25, -0.2) is 0 Å². The third-order valence-corrected chi connectivity index (χ3v) is 4.43. The number of hydrogen-bond donors (Lipinski definition) is 1. The molecule has 0 amide bonds. The van der Waals surface area contributed by atoms with Crippen molar-refractivity contribution in [2.45, 2.75) is 38.6 Å². The minimum Gasteiger partial charge on any atom is -0.466 e. The summed E-state index contributed by atoms with van der Waals surface area (Å²) in [7, 11) is 2.03. The van der Waals surface area contributed by atoms with Crippen LogP contribution in [0.1, 0.15) is 44.4 Å². The first-order chi connectivity index (χ1) is 7.72. The fourth-order valence-corrected chi connectivity index (χ4v) is 3.18. The van der Waals surface area contributed by atoms with Gasteiger partial charge in [-0.3, -0.25) is 0 Å². The summed E-state index contributed by atoms with van der Waals surface area (Å²) in [4.78, 5) is 0. The Morgan fingerprint density at radius 1 is 1.38 bits per heavy atom. The molecule has 1 heterocycles. The van der Waals surface area contributed by atoms with Crippen molar-refractivity contribution in [3.05, 3.63) is 22.6 Å². The van der Waals surface area contributed by atoms with Crippen LogP contribution in [0.4, 0.5) is 0 Å². The van der Waals surface area contributed by atoms with Crippen molar-refractivity contribution in [3.63, 3.8) is 0 Å². The van der Waals surface area contributed by atoms with Crippen LogP contribution in [-0.2, 0) is 0 Å². The molecule has 1 aliphatic rings. The number of furan rings is 1. The van der Waals surface area contributed by atoms with Gasteiger partial charge >= 0.3 is 0 Å². The molecular formula is C13H20BrNO. The molecule has 0 radical (unpaired) electrons. The first-order valence-electron chi connectivity index (χ1n) is 6.12. The fourth-order valence-electron chi connectivity index (χ4n) is 2.73. The number of nitrogens with one attached hydrogen (secondary N) is 1. The summed E-state index contributed by atoms with van der Waals surface area (Å²) in [5, 5.41) is 3.41. The first kappa shape index (κ1) is 12.2. The van der Waals surface area contributed by atoms with Gasteiger partial charge in [-0.15, -0.1) is 0 Å². The highest BCUT2D eigenvalue weighted by Crippen LogP contribution is 2.38. The Hall–Kier alpha value is -0.280. The first-order valence-corrected chi connectivity index (χ1v) is 6.91. The molecule has 1 saturated carbocycles. The van der Waals surface area contributed by atoms with Crippen LogP contribution < -0.4 is 5.32 Å². The SMILES string of the molecule is CNC(c1occc1Br)C1CCC(C)CC1. The minimum atomic E-state index is 0.358. The molecule has 16 heavy (non-hydrogen) atoms. The van der Waals surface area contributed by atoms with Crippen molar-refractivity contribution in [1.29, 1.82) is 0 Å². The molecule has 1 unspecified atom stereocenters. The lowest BCUT2D eigenvalue weighted by Gasteiger charge is -2.31. The molecule has 1 N–H and O–H groups in total. The van der Waals surface area contributed by atoms with E-state index in [9.17, 15) is 0 Å². The maximum atomic E-state index is 5.59. The largest absolute Gasteiger partial charge is 0.466 e. The summed E-state index contributed by atoms with van der Waals surface area (Å²) in [6.45, 7) is 2.35. The van der Waals surface area contributed by atoms with E-state index in [2.05, 4.69) is 28.2 Å². The van der Waals surface area contributed by atoms with Gasteiger partial charge in [-0.1, -0.05) is 19.8 Å². The Balaban J connectivity index is 2.08. The van der Waals surface area contributed by atoms with E-state index in [1.54, 1.807) is 6.26 Å². The molecule has 1 aromatic rings. The van der Waals surface area contributed by atoms with Crippen molar-refractivity contribution >= 4 is 15.9 Å². The van der Waals surface area contributed by atoms with Crippen LogP contribution in [0.3, 0.4) is 0 Å². The van der Waals surface area contributed by atoms with Crippen LogP contribution in [0.15, 0.2) is 21.2 Å². The van der Waals surface area contributed by atoms with E-state index in [1.807, 2.05) is 13.1 Å². The van der Waals surface area contributed by atoms with Crippen LogP contribution in [0, 0.1) is 11.8 Å². The fraction of sp³-hybridized carbons (Fsp3) is 0.692. The Morgan fingerprint density at radius 3 is 2.56 bits per heavy atom. The zero-order valence-corrected chi connectivity index (χ0v) is 11.6. The summed E-state index contributed by atoms with van der Waals surface area (Å²) < 4.78 is 6.68. The van der Waals surface area contributed by atoms with Crippen LogP contribution >= 0.6 is 15.9 Å². The molecule has 90 valence electrons. The molecular weight excluding hydrogens is 266 g/mol. The lowest BCUT2D eigenvalue weighted by Crippen LogP contribution is -2.28. The average Bonchev–Trinajstić information content (AvgIpc) is 2.69. The Labute approximate surface area is 106 Å². The summed E-state index contributed by atoms with van der Waals surface area (Å²) in [5.74, 6) is 2.67. The monoisotopic (exact) mass is 285 g/mol. The van der Waals surface area contributed by atoms with Crippen LogP contribution in [0.2, 0.25) is 0 Å². The van der Waals surface area contributed by atoms with Gasteiger partial charge in [0.15, 0.2) is 0 Å². The molecule has 0 spiro atoms. The van der Waals surface area contributed by atoms with E-state index in [-0.39, 0.29) is 0 Å². The van der Waals surface area contributed by atoms with E-state index in [0.29, 0.717) is 12.0 Å². The van der Waals surface area contributed by atoms with Gasteiger partial charge in [-0.2, -0.15) is 0 Å². The molecule has 0 aromatic carbocycles. The van der Waals surface area contributed by atoms with Crippen molar-refractivity contribution in [1.82, 2.24) is 5.32 Å². The topological polar surface area (TPSA) is 25.2 Å². The highest BCUT2D eigenvalue weighted by atomic mass is 79.9. The predicted octanol–water partition coefficient (Wildman–Crippen LogP) is 4.13. The van der Waals surface area contributed by atoms with Gasteiger partial charge in [0.2, 0.25) is 0 Å². The molecule has 2 rings (SSSR count). The van der Waals surface area contributed by atoms with Gasteiger partial charge in [-0.05, 0) is 53.7 Å². The van der Waals surface area contributed by atoms with Crippen molar-refractivity contribution in [2.75, 3.05) is 7.05 Å². The molecule has 1 aliphatic carbocycles. The molecule has 3 heteroatoms. The Kier molecular flexibility index (Phi) is 4.09. The number of halogens is 1. The zero-order valence-electron chi connectivity index (χ0n) is 10.0. The Bertz CT molecular complexity index is 328. The minimum absolute atomic E-state index is 0.358. The van der Waals surface area contributed by atoms with Gasteiger partial charge in [0, 0.05) is 0 Å². The molecule has 2 nitrogen and oxygen atoms in total. The second-order valence-corrected chi connectivity index (χ2v) is 5.77. The molecule has 0 saturated heterocycles. The van der Waals surface area contributed by atoms with Gasteiger partial charge < -0.3 is 9.73 Å². The maximum Gasteiger partial charge on any atom is 0.135 e. The second kappa shape index (κ2) is 5.37. The summed E-state index contributed by atoms with van der Waals surface area (Å²) in [6, 6.07) is 2.34. The van der Waals surface area contributed by atoms with Crippen LogP contribution in [0.25, 0.3) is 0 Å². The summed E-state index contributed by atoms with van der Waals surface area (Å²) in [5.41, 5.74) is 0. The normalized spacial score (nSPS) is 27.9. The predicted molar refractivity (Wildman–Crippen MR) is 69.3 cm³/mol. The number of hydrogen-bond acceptors (Lipinski definition) is 2. The van der Waals surface area contributed by atoms with E-state index in [1.165, 1.54) is 25.7 Å². The standard InChI is InChI=1S/C13H20BrNO/c1-9-3-5-10(6-4-9)12(15-2)13-11(14)7-8-16-13/h7-10,12,15H,3-6H2,1-2H3. The van der Waals surface area contributed by atoms with Crippen LogP contribution in [-0.4, -0.2) is 7.05 Å². The van der Waals surface area contributed by atoms with Gasteiger partial charge in [0.05, 0.1) is 16.8 Å². The summed E-state index contributed by atoms with van der Waals surface area (Å²) >= 11 is 3.55. The van der Waals surface area contributed by atoms with Gasteiger partial charge in [0.1, 0.15) is 5.76 Å². The number of rotatable bonds is 3. The van der Waals surface area contributed by atoms with Gasteiger partial charge in [0.25, 0.3) is 0 Å². The Morgan fingerprint density at radius 2 is 2.06 bits per heavy atom. The van der Waals surface area contributed by atoms with E-state index in [4.69, 9.17) is 4.42 Å². The molecule has 0 aliphatic heterocycles. The third kappa shape index (κ3) is 2.51. The smallest absolute Gasteiger partial charge is 0.135 e. The molecule has 0 bridgehead atoms. The molecule has 1 aromatic heterocycles. The summed E-state index contributed by atoms with van der Waals surface area (Å²) in [6.07, 6.45) is 7.07. The van der Waals surface area contributed by atoms with Crippen molar-refractivity contribution < 1.29 is 4.42 Å². The highest BCUT2D eigenvalue weighted by molar-refractivity contribution is 9.10. The molecule has 1 fully saturated rings. The molecule has 1 atom stereocenters. The van der Waals surface area contributed by atoms with Crippen LogP contribution in [0.5, 0.6) is 0 Å². The lowest BCUT2D eigenvalue weighted by atomic mass is 9.78. The zero-order chi connectivity index (χ0) is 11.5. The van der Waals surface area contributed by atoms with Crippen molar-refractivity contribution in [3.8, 4) is 0 Å². The van der Waals surface area contributed by atoms with E-state index < -0.39 is 0 Å². The van der Waals surface area contributed by atoms with E-state index in [0.717, 1.165) is 16.2 Å². The maximum absolute atomic E-state index is 5.59. The quantitative estimate of drug-likeness (QED) is 0.903.